The van der Waals surface area contributed by atoms with Gasteiger partial charge in [-0.3, -0.25) is 0 Å². The van der Waals surface area contributed by atoms with E-state index in [4.69, 9.17) is 9.47 Å². The highest BCUT2D eigenvalue weighted by Gasteiger charge is 2.17. The Morgan fingerprint density at radius 2 is 2.18 bits per heavy atom. The minimum absolute atomic E-state index is 0. The molecule has 1 aromatic rings. The van der Waals surface area contributed by atoms with Gasteiger partial charge in [-0.2, -0.15) is 11.8 Å². The normalized spacial score (nSPS) is 12.8. The molecule has 1 aliphatic rings. The summed E-state index contributed by atoms with van der Waals surface area (Å²) in [4.78, 5) is 4.59. The van der Waals surface area contributed by atoms with E-state index in [2.05, 4.69) is 44.7 Å². The van der Waals surface area contributed by atoms with Gasteiger partial charge in [-0.15, -0.1) is 24.0 Å². The first-order chi connectivity index (χ1) is 10.2. The van der Waals surface area contributed by atoms with Crippen LogP contribution in [-0.4, -0.2) is 37.9 Å². The van der Waals surface area contributed by atoms with Crippen molar-refractivity contribution in [2.75, 3.05) is 31.9 Å². The van der Waals surface area contributed by atoms with E-state index < -0.39 is 0 Å². The maximum absolute atomic E-state index is 5.42. The first-order valence-corrected chi connectivity index (χ1v) is 9.02. The Labute approximate surface area is 161 Å². The summed E-state index contributed by atoms with van der Waals surface area (Å²) in [5.74, 6) is 3.43. The molecule has 1 aliphatic heterocycles. The highest BCUT2D eigenvalue weighted by Crippen LogP contribution is 2.40. The average molecular weight is 502 g/mol. The number of aliphatic imine (C=N–C) groups is 1. The van der Waals surface area contributed by atoms with Crippen molar-refractivity contribution in [2.24, 2.45) is 4.99 Å². The molecule has 1 aromatic carbocycles. The molecule has 0 aliphatic carbocycles. The third-order valence-electron chi connectivity index (χ3n) is 2.85. The summed E-state index contributed by atoms with van der Waals surface area (Å²) in [6, 6.07) is 3.99. The number of guanidine groups is 1. The number of thioether (sulfide) groups is 1. The van der Waals surface area contributed by atoms with E-state index in [0.29, 0.717) is 6.54 Å². The van der Waals surface area contributed by atoms with Crippen molar-refractivity contribution >= 4 is 57.6 Å². The highest BCUT2D eigenvalue weighted by molar-refractivity contribution is 14.0. The number of nitrogens with zero attached hydrogens (tertiary/aromatic N) is 1. The lowest BCUT2D eigenvalue weighted by molar-refractivity contribution is 0.173. The number of nitrogens with one attached hydrogen (secondary N) is 2. The van der Waals surface area contributed by atoms with Crippen LogP contribution in [0.3, 0.4) is 0 Å². The van der Waals surface area contributed by atoms with E-state index in [-0.39, 0.29) is 30.8 Å². The molecule has 5 nitrogen and oxygen atoms in total. The van der Waals surface area contributed by atoms with Gasteiger partial charge in [0, 0.05) is 18.8 Å². The highest BCUT2D eigenvalue weighted by atomic mass is 127. The van der Waals surface area contributed by atoms with Crippen molar-refractivity contribution in [3.8, 4) is 11.5 Å². The zero-order valence-corrected chi connectivity index (χ0v) is 17.4. The molecule has 2 N–H and O–H groups in total. The van der Waals surface area contributed by atoms with Gasteiger partial charge in [-0.1, -0.05) is 0 Å². The molecule has 2 rings (SSSR count). The van der Waals surface area contributed by atoms with Crippen LogP contribution < -0.4 is 20.1 Å². The Bertz CT molecular complexity index is 517. The fourth-order valence-electron chi connectivity index (χ4n) is 1.90. The predicted molar refractivity (Wildman–Crippen MR) is 107 cm³/mol. The Morgan fingerprint density at radius 3 is 2.91 bits per heavy atom. The quantitative estimate of drug-likeness (QED) is 0.271. The second-order valence-corrected chi connectivity index (χ2v) is 6.27. The molecule has 0 radical (unpaired) electrons. The molecule has 0 spiro atoms. The zero-order valence-electron chi connectivity index (χ0n) is 12.6. The summed E-state index contributed by atoms with van der Waals surface area (Å²) >= 11 is 5.31. The molecule has 8 heteroatoms. The van der Waals surface area contributed by atoms with E-state index in [1.165, 1.54) is 0 Å². The Hall–Kier alpha value is -0.350. The van der Waals surface area contributed by atoms with Crippen LogP contribution in [0, 0.1) is 0 Å². The maximum atomic E-state index is 5.42. The number of rotatable bonds is 6. The topological polar surface area (TPSA) is 54.9 Å². The molecule has 22 heavy (non-hydrogen) atoms. The summed E-state index contributed by atoms with van der Waals surface area (Å²) in [5.41, 5.74) is 1.08. The first-order valence-electron chi connectivity index (χ1n) is 6.83. The molecule has 0 bridgehead atoms. The van der Waals surface area contributed by atoms with E-state index in [9.17, 15) is 0 Å². The van der Waals surface area contributed by atoms with Crippen LogP contribution in [0.15, 0.2) is 21.6 Å². The van der Waals surface area contributed by atoms with E-state index in [1.54, 1.807) is 0 Å². The molecule has 0 fully saturated rings. The van der Waals surface area contributed by atoms with Gasteiger partial charge < -0.3 is 20.1 Å². The molecular weight excluding hydrogens is 481 g/mol. The second-order valence-electron chi connectivity index (χ2n) is 4.43. The average Bonchev–Trinajstić information content (AvgIpc) is 2.94. The van der Waals surface area contributed by atoms with Gasteiger partial charge in [0.05, 0.1) is 11.0 Å². The minimum atomic E-state index is 0. The molecular formula is C14H21BrIN3O2S. The Morgan fingerprint density at radius 1 is 1.36 bits per heavy atom. The zero-order chi connectivity index (χ0) is 15.1. The van der Waals surface area contributed by atoms with Crippen LogP contribution in [0.25, 0.3) is 0 Å². The standard InChI is InChI=1S/C14H20BrN3O2S.HI/c1-3-16-14(17-4-5-21-2)18-8-10-6-11(15)13-12(7-10)19-9-20-13;/h6-7H,3-5,8-9H2,1-2H3,(H2,16,17,18);1H. The third-order valence-corrected chi connectivity index (χ3v) is 4.05. The number of halogens is 2. The molecule has 0 aromatic heterocycles. The number of hydrogen-bond acceptors (Lipinski definition) is 4. The van der Waals surface area contributed by atoms with Crippen molar-refractivity contribution in [3.63, 3.8) is 0 Å². The summed E-state index contributed by atoms with van der Waals surface area (Å²) in [6.45, 7) is 4.67. The SMILES string of the molecule is CCNC(=NCc1cc(Br)c2c(c1)OCO2)NCCSC.I. The lowest BCUT2D eigenvalue weighted by Gasteiger charge is -2.11. The van der Waals surface area contributed by atoms with Gasteiger partial charge in [0.25, 0.3) is 0 Å². The summed E-state index contributed by atoms with van der Waals surface area (Å²) in [6.07, 6.45) is 2.09. The van der Waals surface area contributed by atoms with E-state index >= 15 is 0 Å². The maximum Gasteiger partial charge on any atom is 0.231 e. The second kappa shape index (κ2) is 10.4. The van der Waals surface area contributed by atoms with Crippen LogP contribution in [0.1, 0.15) is 12.5 Å². The van der Waals surface area contributed by atoms with Gasteiger partial charge in [-0.25, -0.2) is 4.99 Å². The van der Waals surface area contributed by atoms with Gasteiger partial charge in [0.2, 0.25) is 6.79 Å². The molecule has 124 valence electrons. The number of hydrogen-bond donors (Lipinski definition) is 2. The summed E-state index contributed by atoms with van der Waals surface area (Å²) < 4.78 is 11.7. The van der Waals surface area contributed by atoms with Crippen LogP contribution in [0.2, 0.25) is 0 Å². The molecule has 1 heterocycles. The van der Waals surface area contributed by atoms with Gasteiger partial charge in [0.15, 0.2) is 17.5 Å². The Kier molecular flexibility index (Phi) is 9.34. The molecule has 0 saturated carbocycles. The predicted octanol–water partition coefficient (Wildman–Crippen LogP) is 3.21. The van der Waals surface area contributed by atoms with Crippen molar-refractivity contribution < 1.29 is 9.47 Å². The van der Waals surface area contributed by atoms with E-state index in [0.717, 1.165) is 46.3 Å². The van der Waals surface area contributed by atoms with Crippen molar-refractivity contribution in [1.82, 2.24) is 10.6 Å². The summed E-state index contributed by atoms with van der Waals surface area (Å²) in [7, 11) is 0. The van der Waals surface area contributed by atoms with Gasteiger partial charge >= 0.3 is 0 Å². The smallest absolute Gasteiger partial charge is 0.231 e. The number of fused-ring (bicyclic) bond motifs is 1. The largest absolute Gasteiger partial charge is 0.454 e. The van der Waals surface area contributed by atoms with Gasteiger partial charge in [0.1, 0.15) is 0 Å². The van der Waals surface area contributed by atoms with Crippen LogP contribution in [0.4, 0.5) is 0 Å². The monoisotopic (exact) mass is 501 g/mol. The first kappa shape index (κ1) is 19.7. The molecule has 0 atom stereocenters. The number of ether oxygens (including phenoxy) is 2. The van der Waals surface area contributed by atoms with Crippen LogP contribution >= 0.6 is 51.7 Å². The summed E-state index contributed by atoms with van der Waals surface area (Å²) in [5, 5.41) is 6.55. The van der Waals surface area contributed by atoms with Crippen molar-refractivity contribution in [3.05, 3.63) is 22.2 Å². The van der Waals surface area contributed by atoms with Crippen LogP contribution in [-0.2, 0) is 6.54 Å². The fraction of sp³-hybridized carbons (Fsp3) is 0.500. The number of benzene rings is 1. The van der Waals surface area contributed by atoms with Crippen molar-refractivity contribution in [2.45, 2.75) is 13.5 Å². The van der Waals surface area contributed by atoms with Gasteiger partial charge in [-0.05, 0) is 46.8 Å². The fourth-order valence-corrected chi connectivity index (χ4v) is 2.81. The van der Waals surface area contributed by atoms with E-state index in [1.807, 2.05) is 23.9 Å². The Balaban J connectivity index is 0.00000242. The molecule has 0 saturated heterocycles. The van der Waals surface area contributed by atoms with Crippen LogP contribution in [0.5, 0.6) is 11.5 Å². The lowest BCUT2D eigenvalue weighted by Crippen LogP contribution is -2.38. The molecule has 0 amide bonds. The minimum Gasteiger partial charge on any atom is -0.454 e. The molecule has 0 unspecified atom stereocenters. The van der Waals surface area contributed by atoms with Crippen molar-refractivity contribution in [1.29, 1.82) is 0 Å². The third kappa shape index (κ3) is 5.69. The lowest BCUT2D eigenvalue weighted by atomic mass is 10.2.